The van der Waals surface area contributed by atoms with Gasteiger partial charge in [0.1, 0.15) is 0 Å². The average molecular weight is 236 g/mol. The van der Waals surface area contributed by atoms with Crippen molar-refractivity contribution in [1.29, 1.82) is 0 Å². The van der Waals surface area contributed by atoms with Gasteiger partial charge in [0.05, 0.1) is 6.54 Å². The summed E-state index contributed by atoms with van der Waals surface area (Å²) in [6.07, 6.45) is 8.32. The summed E-state index contributed by atoms with van der Waals surface area (Å²) in [6.45, 7) is 2.68. The topological polar surface area (TPSA) is 59.0 Å². The molecule has 0 radical (unpaired) electrons. The molecule has 1 saturated carbocycles. The molecule has 0 aliphatic heterocycles. The highest BCUT2D eigenvalue weighted by molar-refractivity contribution is 5.74. The molecule has 1 unspecified atom stereocenters. The summed E-state index contributed by atoms with van der Waals surface area (Å²) in [4.78, 5) is 11.7. The number of hydrogen-bond donors (Lipinski definition) is 2. The van der Waals surface area contributed by atoms with Crippen LogP contribution < -0.4 is 10.6 Å². The maximum atomic E-state index is 11.7. The van der Waals surface area contributed by atoms with Crippen molar-refractivity contribution >= 4 is 6.03 Å². The highest BCUT2D eigenvalue weighted by Gasteiger charge is 2.17. The third kappa shape index (κ3) is 3.76. The number of nitrogens with one attached hydrogen (secondary N) is 2. The van der Waals surface area contributed by atoms with Crippen LogP contribution in [-0.4, -0.2) is 27.9 Å². The fourth-order valence-corrected chi connectivity index (χ4v) is 2.26. The van der Waals surface area contributed by atoms with E-state index in [9.17, 15) is 4.79 Å². The summed E-state index contributed by atoms with van der Waals surface area (Å²) < 4.78 is 1.82. The van der Waals surface area contributed by atoms with Gasteiger partial charge in [-0.15, -0.1) is 0 Å². The van der Waals surface area contributed by atoms with Crippen molar-refractivity contribution < 1.29 is 4.79 Å². The molecule has 2 rings (SSSR count). The molecule has 94 valence electrons. The fraction of sp³-hybridized carbons (Fsp3) is 0.667. The van der Waals surface area contributed by atoms with Crippen LogP contribution in [0.4, 0.5) is 4.79 Å². The summed E-state index contributed by atoms with van der Waals surface area (Å²) in [5, 5.41) is 10.1. The first-order chi connectivity index (χ1) is 8.24. The first-order valence-electron chi connectivity index (χ1n) is 6.28. The zero-order chi connectivity index (χ0) is 12.1. The van der Waals surface area contributed by atoms with E-state index in [0.29, 0.717) is 12.6 Å². The number of rotatable bonds is 4. The van der Waals surface area contributed by atoms with Crippen molar-refractivity contribution in [1.82, 2.24) is 20.4 Å². The molecule has 0 spiro atoms. The van der Waals surface area contributed by atoms with Crippen LogP contribution in [0.2, 0.25) is 0 Å². The second-order valence-electron chi connectivity index (χ2n) is 4.73. The Kier molecular flexibility index (Phi) is 4.01. The summed E-state index contributed by atoms with van der Waals surface area (Å²) in [6, 6.07) is 2.27. The lowest BCUT2D eigenvalue weighted by Crippen LogP contribution is -2.45. The fourth-order valence-electron chi connectivity index (χ4n) is 2.26. The van der Waals surface area contributed by atoms with Crippen LogP contribution in [-0.2, 0) is 6.54 Å². The van der Waals surface area contributed by atoms with E-state index in [-0.39, 0.29) is 12.1 Å². The quantitative estimate of drug-likeness (QED) is 0.832. The Hall–Kier alpha value is -1.52. The molecule has 17 heavy (non-hydrogen) atoms. The Morgan fingerprint density at radius 3 is 2.94 bits per heavy atom. The number of amides is 2. The van der Waals surface area contributed by atoms with Gasteiger partial charge in [0.2, 0.25) is 0 Å². The first-order valence-corrected chi connectivity index (χ1v) is 6.28. The molecule has 2 N–H and O–H groups in total. The van der Waals surface area contributed by atoms with Crippen LogP contribution in [0.5, 0.6) is 0 Å². The molecule has 1 aromatic heterocycles. The van der Waals surface area contributed by atoms with E-state index in [2.05, 4.69) is 15.7 Å². The van der Waals surface area contributed by atoms with E-state index in [0.717, 1.165) is 12.8 Å². The number of hydrogen-bond acceptors (Lipinski definition) is 2. The molecular weight excluding hydrogens is 216 g/mol. The van der Waals surface area contributed by atoms with Crippen molar-refractivity contribution in [3.8, 4) is 0 Å². The third-order valence-electron chi connectivity index (χ3n) is 3.09. The minimum atomic E-state index is -0.0587. The standard InChI is InChI=1S/C12H20N4O/c1-10(9-16-8-4-7-13-16)14-12(17)15-11-5-2-3-6-11/h4,7-8,10-11H,2-3,5-6,9H2,1H3,(H2,14,15,17). The van der Waals surface area contributed by atoms with Gasteiger partial charge in [-0.05, 0) is 25.8 Å². The average Bonchev–Trinajstić information content (AvgIpc) is 2.90. The van der Waals surface area contributed by atoms with Crippen LogP contribution in [0, 0.1) is 0 Å². The van der Waals surface area contributed by atoms with E-state index < -0.39 is 0 Å². The molecule has 1 atom stereocenters. The molecule has 1 fully saturated rings. The minimum Gasteiger partial charge on any atom is -0.335 e. The lowest BCUT2D eigenvalue weighted by Gasteiger charge is -2.17. The summed E-state index contributed by atoms with van der Waals surface area (Å²) in [7, 11) is 0. The van der Waals surface area contributed by atoms with Gasteiger partial charge in [-0.2, -0.15) is 5.10 Å². The smallest absolute Gasteiger partial charge is 0.315 e. The van der Waals surface area contributed by atoms with Gasteiger partial charge in [-0.3, -0.25) is 4.68 Å². The van der Waals surface area contributed by atoms with Gasteiger partial charge in [-0.25, -0.2) is 4.79 Å². The Morgan fingerprint density at radius 2 is 2.29 bits per heavy atom. The molecule has 1 aromatic rings. The summed E-state index contributed by atoms with van der Waals surface area (Å²) >= 11 is 0. The summed E-state index contributed by atoms with van der Waals surface area (Å²) in [5.74, 6) is 0. The van der Waals surface area contributed by atoms with Crippen molar-refractivity contribution in [3.05, 3.63) is 18.5 Å². The Bertz CT molecular complexity index is 343. The molecule has 2 amide bonds. The Balaban J connectivity index is 1.70. The third-order valence-corrected chi connectivity index (χ3v) is 3.09. The second kappa shape index (κ2) is 5.70. The lowest BCUT2D eigenvalue weighted by molar-refractivity contribution is 0.232. The van der Waals surface area contributed by atoms with Gasteiger partial charge in [0.15, 0.2) is 0 Å². The van der Waals surface area contributed by atoms with E-state index in [1.165, 1.54) is 12.8 Å². The highest BCUT2D eigenvalue weighted by atomic mass is 16.2. The van der Waals surface area contributed by atoms with Crippen molar-refractivity contribution in [2.24, 2.45) is 0 Å². The van der Waals surface area contributed by atoms with Crippen molar-refractivity contribution in [3.63, 3.8) is 0 Å². The van der Waals surface area contributed by atoms with E-state index in [1.54, 1.807) is 6.20 Å². The zero-order valence-electron chi connectivity index (χ0n) is 10.2. The van der Waals surface area contributed by atoms with Gasteiger partial charge < -0.3 is 10.6 Å². The second-order valence-corrected chi connectivity index (χ2v) is 4.73. The number of aromatic nitrogens is 2. The Morgan fingerprint density at radius 1 is 1.53 bits per heavy atom. The normalized spacial score (nSPS) is 17.9. The molecule has 5 heteroatoms. The van der Waals surface area contributed by atoms with Crippen LogP contribution in [0.1, 0.15) is 32.6 Å². The lowest BCUT2D eigenvalue weighted by atomic mass is 10.2. The zero-order valence-corrected chi connectivity index (χ0v) is 10.2. The van der Waals surface area contributed by atoms with E-state index >= 15 is 0 Å². The van der Waals surface area contributed by atoms with Crippen LogP contribution in [0.15, 0.2) is 18.5 Å². The summed E-state index contributed by atoms with van der Waals surface area (Å²) in [5.41, 5.74) is 0. The van der Waals surface area contributed by atoms with Crippen molar-refractivity contribution in [2.45, 2.75) is 51.2 Å². The monoisotopic (exact) mass is 236 g/mol. The maximum absolute atomic E-state index is 11.7. The number of nitrogens with zero attached hydrogens (tertiary/aromatic N) is 2. The van der Waals surface area contributed by atoms with E-state index in [1.807, 2.05) is 23.9 Å². The molecular formula is C12H20N4O. The largest absolute Gasteiger partial charge is 0.335 e. The molecule has 1 aliphatic carbocycles. The van der Waals surface area contributed by atoms with E-state index in [4.69, 9.17) is 0 Å². The van der Waals surface area contributed by atoms with Crippen LogP contribution in [0.25, 0.3) is 0 Å². The predicted molar refractivity (Wildman–Crippen MR) is 65.6 cm³/mol. The number of carbonyl (C=O) groups excluding carboxylic acids is 1. The molecule has 0 bridgehead atoms. The van der Waals surface area contributed by atoms with Crippen LogP contribution >= 0.6 is 0 Å². The number of carbonyl (C=O) groups is 1. The molecule has 1 heterocycles. The maximum Gasteiger partial charge on any atom is 0.315 e. The van der Waals surface area contributed by atoms with Gasteiger partial charge in [-0.1, -0.05) is 12.8 Å². The van der Waals surface area contributed by atoms with Gasteiger partial charge in [0, 0.05) is 24.5 Å². The SMILES string of the molecule is CC(Cn1cccn1)NC(=O)NC1CCCC1. The highest BCUT2D eigenvalue weighted by Crippen LogP contribution is 2.17. The molecule has 1 aliphatic rings. The van der Waals surface area contributed by atoms with Crippen LogP contribution in [0.3, 0.4) is 0 Å². The van der Waals surface area contributed by atoms with Crippen molar-refractivity contribution in [2.75, 3.05) is 0 Å². The molecule has 5 nitrogen and oxygen atoms in total. The van der Waals surface area contributed by atoms with Gasteiger partial charge in [0.25, 0.3) is 0 Å². The predicted octanol–water partition coefficient (Wildman–Crippen LogP) is 1.51. The number of urea groups is 1. The minimum absolute atomic E-state index is 0.0587. The Labute approximate surface area is 102 Å². The molecule has 0 aromatic carbocycles. The molecule has 0 saturated heterocycles. The van der Waals surface area contributed by atoms with Gasteiger partial charge >= 0.3 is 6.03 Å². The first kappa shape index (κ1) is 12.0.